The van der Waals surface area contributed by atoms with Crippen LogP contribution in [0.2, 0.25) is 5.02 Å². The molecule has 22 heavy (non-hydrogen) atoms. The van der Waals surface area contributed by atoms with Gasteiger partial charge in [-0.1, -0.05) is 35.4 Å². The second kappa shape index (κ2) is 5.98. The van der Waals surface area contributed by atoms with Crippen LogP contribution in [0.1, 0.15) is 22.3 Å². The molecule has 1 amide bonds. The van der Waals surface area contributed by atoms with Gasteiger partial charge in [-0.05, 0) is 56.0 Å². The minimum Gasteiger partial charge on any atom is -0.324 e. The molecule has 0 saturated carbocycles. The van der Waals surface area contributed by atoms with E-state index in [1.165, 1.54) is 16.0 Å². The van der Waals surface area contributed by atoms with Crippen molar-refractivity contribution < 1.29 is 4.79 Å². The monoisotopic (exact) mass is 331 g/mol. The van der Waals surface area contributed by atoms with E-state index >= 15 is 0 Å². The van der Waals surface area contributed by atoms with Crippen LogP contribution in [0.5, 0.6) is 0 Å². The molecule has 114 valence electrons. The Kier molecular flexibility index (Phi) is 4.20. The normalized spacial score (nSPS) is 16.5. The van der Waals surface area contributed by atoms with E-state index in [0.717, 1.165) is 23.2 Å². The van der Waals surface area contributed by atoms with Crippen molar-refractivity contribution in [3.63, 3.8) is 0 Å². The van der Waals surface area contributed by atoms with Gasteiger partial charge in [-0.2, -0.15) is 0 Å². The number of halogens is 1. The standard InChI is InChI=1S/C18H18ClNOS/c1-10-4-5-13-9-16(22-15(13)8-10)18(21)20-17-12(3)6-11(2)7-14(17)19/h4-8,16H,9H2,1-3H3,(H,20,21)/t16-/m0/s1. The van der Waals surface area contributed by atoms with Crippen LogP contribution in [0, 0.1) is 20.8 Å². The molecule has 4 heteroatoms. The van der Waals surface area contributed by atoms with Crippen molar-refractivity contribution >= 4 is 35.0 Å². The summed E-state index contributed by atoms with van der Waals surface area (Å²) < 4.78 is 0. The van der Waals surface area contributed by atoms with Crippen molar-refractivity contribution in [1.29, 1.82) is 0 Å². The van der Waals surface area contributed by atoms with Crippen LogP contribution in [0.25, 0.3) is 0 Å². The van der Waals surface area contributed by atoms with Crippen molar-refractivity contribution in [1.82, 2.24) is 0 Å². The molecule has 2 nitrogen and oxygen atoms in total. The van der Waals surface area contributed by atoms with Crippen LogP contribution in [0.4, 0.5) is 5.69 Å². The van der Waals surface area contributed by atoms with Gasteiger partial charge < -0.3 is 5.32 Å². The highest BCUT2D eigenvalue weighted by molar-refractivity contribution is 8.01. The molecule has 0 saturated heterocycles. The topological polar surface area (TPSA) is 29.1 Å². The van der Waals surface area contributed by atoms with Crippen LogP contribution < -0.4 is 5.32 Å². The first-order valence-electron chi connectivity index (χ1n) is 7.28. The van der Waals surface area contributed by atoms with Crippen molar-refractivity contribution in [2.45, 2.75) is 37.3 Å². The highest BCUT2D eigenvalue weighted by Gasteiger charge is 2.28. The minimum atomic E-state index is -0.0893. The van der Waals surface area contributed by atoms with E-state index in [2.05, 4.69) is 30.4 Å². The molecule has 2 aromatic rings. The molecule has 0 unspecified atom stereocenters. The number of benzene rings is 2. The lowest BCUT2D eigenvalue weighted by Crippen LogP contribution is -2.25. The molecular formula is C18H18ClNOS. The van der Waals surface area contributed by atoms with Gasteiger partial charge in [-0.15, -0.1) is 11.8 Å². The number of hydrogen-bond donors (Lipinski definition) is 1. The highest BCUT2D eigenvalue weighted by atomic mass is 35.5. The quantitative estimate of drug-likeness (QED) is 0.846. The summed E-state index contributed by atoms with van der Waals surface area (Å²) >= 11 is 7.91. The molecule has 3 rings (SSSR count). The Morgan fingerprint density at radius 2 is 1.95 bits per heavy atom. The van der Waals surface area contributed by atoms with Crippen LogP contribution >= 0.6 is 23.4 Å². The summed E-state index contributed by atoms with van der Waals surface area (Å²) in [5.41, 5.74) is 5.30. The molecule has 1 aliphatic heterocycles. The fourth-order valence-electron chi connectivity index (χ4n) is 2.76. The SMILES string of the molecule is Cc1cc(C)c(NC(=O)[C@@H]2Cc3ccc(C)cc3S2)c(Cl)c1. The average Bonchev–Trinajstić information content (AvgIpc) is 2.85. The molecular weight excluding hydrogens is 314 g/mol. The molecule has 2 aromatic carbocycles. The van der Waals surface area contributed by atoms with Crippen LogP contribution in [0.15, 0.2) is 35.2 Å². The maximum Gasteiger partial charge on any atom is 0.238 e. The molecule has 0 spiro atoms. The second-order valence-electron chi connectivity index (χ2n) is 5.85. The first kappa shape index (κ1) is 15.4. The number of rotatable bonds is 2. The largest absolute Gasteiger partial charge is 0.324 e. The second-order valence-corrected chi connectivity index (χ2v) is 7.50. The van der Waals surface area contributed by atoms with E-state index in [1.807, 2.05) is 26.0 Å². The Morgan fingerprint density at radius 3 is 2.68 bits per heavy atom. The lowest BCUT2D eigenvalue weighted by molar-refractivity contribution is -0.115. The Labute approximate surface area is 140 Å². The Balaban J connectivity index is 1.77. The number of aryl methyl sites for hydroxylation is 3. The number of nitrogens with one attached hydrogen (secondary N) is 1. The molecule has 1 heterocycles. The summed E-state index contributed by atoms with van der Waals surface area (Å²) in [7, 11) is 0. The summed E-state index contributed by atoms with van der Waals surface area (Å²) in [5.74, 6) is 0.0210. The van der Waals surface area contributed by atoms with Crippen molar-refractivity contribution in [2.75, 3.05) is 5.32 Å². The van der Waals surface area contributed by atoms with E-state index in [-0.39, 0.29) is 11.2 Å². The third-order valence-electron chi connectivity index (χ3n) is 3.87. The molecule has 0 aliphatic carbocycles. The maximum absolute atomic E-state index is 12.6. The molecule has 1 N–H and O–H groups in total. The van der Waals surface area contributed by atoms with E-state index in [4.69, 9.17) is 11.6 Å². The fraction of sp³-hybridized carbons (Fsp3) is 0.278. The van der Waals surface area contributed by atoms with E-state index in [1.54, 1.807) is 11.8 Å². The van der Waals surface area contributed by atoms with Crippen LogP contribution in [-0.2, 0) is 11.2 Å². The minimum absolute atomic E-state index is 0.0210. The third-order valence-corrected chi connectivity index (χ3v) is 5.47. The zero-order valence-corrected chi connectivity index (χ0v) is 14.4. The first-order valence-corrected chi connectivity index (χ1v) is 8.53. The predicted octanol–water partition coefficient (Wildman–Crippen LogP) is 4.92. The van der Waals surface area contributed by atoms with Gasteiger partial charge in [0, 0.05) is 4.90 Å². The van der Waals surface area contributed by atoms with Gasteiger partial charge in [-0.25, -0.2) is 0 Å². The smallest absolute Gasteiger partial charge is 0.238 e. The summed E-state index contributed by atoms with van der Waals surface area (Å²) in [4.78, 5) is 13.8. The molecule has 0 radical (unpaired) electrons. The molecule has 0 bridgehead atoms. The number of hydrogen-bond acceptors (Lipinski definition) is 2. The number of fused-ring (bicyclic) bond motifs is 1. The van der Waals surface area contributed by atoms with Gasteiger partial charge >= 0.3 is 0 Å². The van der Waals surface area contributed by atoms with Gasteiger partial charge in [0.25, 0.3) is 0 Å². The summed E-state index contributed by atoms with van der Waals surface area (Å²) in [6, 6.07) is 10.3. The molecule has 1 aliphatic rings. The zero-order chi connectivity index (χ0) is 15.9. The van der Waals surface area contributed by atoms with Gasteiger partial charge in [0.05, 0.1) is 16.0 Å². The average molecular weight is 332 g/mol. The van der Waals surface area contributed by atoms with Crippen molar-refractivity contribution in [3.05, 3.63) is 57.6 Å². The van der Waals surface area contributed by atoms with Gasteiger partial charge in [0.15, 0.2) is 0 Å². The van der Waals surface area contributed by atoms with Crippen molar-refractivity contribution in [3.8, 4) is 0 Å². The van der Waals surface area contributed by atoms with Crippen LogP contribution in [-0.4, -0.2) is 11.2 Å². The Morgan fingerprint density at radius 1 is 1.18 bits per heavy atom. The van der Waals surface area contributed by atoms with Crippen molar-refractivity contribution in [2.24, 2.45) is 0 Å². The first-order chi connectivity index (χ1) is 10.4. The van der Waals surface area contributed by atoms with Gasteiger partial charge in [0.2, 0.25) is 5.91 Å². The van der Waals surface area contributed by atoms with E-state index in [0.29, 0.717) is 5.02 Å². The Bertz CT molecular complexity index is 734. The number of anilines is 1. The Hall–Kier alpha value is -1.45. The van der Waals surface area contributed by atoms with E-state index < -0.39 is 0 Å². The van der Waals surface area contributed by atoms with Gasteiger partial charge in [-0.3, -0.25) is 4.79 Å². The fourth-order valence-corrected chi connectivity index (χ4v) is 4.42. The van der Waals surface area contributed by atoms with Crippen LogP contribution in [0.3, 0.4) is 0 Å². The summed E-state index contributed by atoms with van der Waals surface area (Å²) in [6.07, 6.45) is 0.772. The van der Waals surface area contributed by atoms with Gasteiger partial charge in [0.1, 0.15) is 0 Å². The molecule has 1 atom stereocenters. The highest BCUT2D eigenvalue weighted by Crippen LogP contribution is 2.38. The number of carbonyl (C=O) groups is 1. The third kappa shape index (κ3) is 3.01. The zero-order valence-electron chi connectivity index (χ0n) is 12.9. The lowest BCUT2D eigenvalue weighted by atomic mass is 10.1. The number of amides is 1. The molecule has 0 fully saturated rings. The summed E-state index contributed by atoms with van der Waals surface area (Å²) in [6.45, 7) is 6.04. The lowest BCUT2D eigenvalue weighted by Gasteiger charge is -2.14. The maximum atomic E-state index is 12.6. The molecule has 0 aromatic heterocycles. The predicted molar refractivity (Wildman–Crippen MR) is 94.1 cm³/mol. The summed E-state index contributed by atoms with van der Waals surface area (Å²) in [5, 5.41) is 3.52. The number of carbonyl (C=O) groups excluding carboxylic acids is 1. The van der Waals surface area contributed by atoms with E-state index in [9.17, 15) is 4.79 Å². The number of thioether (sulfide) groups is 1.